The zero-order valence-corrected chi connectivity index (χ0v) is 9.72. The van der Waals surface area contributed by atoms with Gasteiger partial charge in [0.15, 0.2) is 0 Å². The molecule has 2 rings (SSSR count). The third-order valence-electron chi connectivity index (χ3n) is 2.55. The number of aromatic hydroxyl groups is 1. The topological polar surface area (TPSA) is 66.5 Å². The number of aliphatic hydroxyl groups is 1. The Hall–Kier alpha value is -1.71. The van der Waals surface area contributed by atoms with E-state index in [1.54, 1.807) is 36.4 Å². The largest absolute Gasteiger partial charge is 0.510 e. The summed E-state index contributed by atoms with van der Waals surface area (Å²) in [6, 6.07) is 4.19. The number of halogens is 1. The predicted octanol–water partition coefficient (Wildman–Crippen LogP) is 2.77. The quantitative estimate of drug-likeness (QED) is 0.717. The van der Waals surface area contributed by atoms with Gasteiger partial charge in [0, 0.05) is 10.6 Å². The summed E-state index contributed by atoms with van der Waals surface area (Å²) >= 11 is 5.85. The molecular formula is C13H12ClNO2. The van der Waals surface area contributed by atoms with Crippen molar-refractivity contribution in [2.45, 2.75) is 6.04 Å². The molecule has 1 unspecified atom stereocenters. The Balaban J connectivity index is 2.40. The van der Waals surface area contributed by atoms with Crippen LogP contribution in [0.2, 0.25) is 5.02 Å². The summed E-state index contributed by atoms with van der Waals surface area (Å²) in [7, 11) is 0. The van der Waals surface area contributed by atoms with Gasteiger partial charge in [-0.3, -0.25) is 0 Å². The van der Waals surface area contributed by atoms with Crippen LogP contribution in [-0.2, 0) is 0 Å². The Morgan fingerprint density at radius 3 is 2.82 bits per heavy atom. The number of benzene rings is 1. The fourth-order valence-corrected chi connectivity index (χ4v) is 1.77. The molecule has 4 N–H and O–H groups in total. The van der Waals surface area contributed by atoms with E-state index in [1.165, 1.54) is 6.07 Å². The summed E-state index contributed by atoms with van der Waals surface area (Å²) in [5.41, 5.74) is 7.09. The lowest BCUT2D eigenvalue weighted by Crippen LogP contribution is -2.25. The molecule has 1 aliphatic rings. The molecule has 0 saturated carbocycles. The van der Waals surface area contributed by atoms with Crippen molar-refractivity contribution in [1.82, 2.24) is 0 Å². The molecule has 0 heterocycles. The van der Waals surface area contributed by atoms with Crippen LogP contribution in [0.5, 0.6) is 5.75 Å². The average molecular weight is 250 g/mol. The van der Waals surface area contributed by atoms with E-state index < -0.39 is 6.04 Å². The molecule has 0 bridgehead atoms. The number of nitrogens with two attached hydrogens (primary N) is 1. The van der Waals surface area contributed by atoms with Crippen molar-refractivity contribution in [2.75, 3.05) is 0 Å². The van der Waals surface area contributed by atoms with Crippen LogP contribution in [0, 0.1) is 0 Å². The van der Waals surface area contributed by atoms with E-state index in [4.69, 9.17) is 17.3 Å². The Kier molecular flexibility index (Phi) is 3.22. The zero-order chi connectivity index (χ0) is 12.4. The van der Waals surface area contributed by atoms with Gasteiger partial charge < -0.3 is 15.9 Å². The molecule has 0 radical (unpaired) electrons. The Morgan fingerprint density at radius 2 is 2.06 bits per heavy atom. The minimum Gasteiger partial charge on any atom is -0.510 e. The van der Waals surface area contributed by atoms with Gasteiger partial charge in [-0.15, -0.1) is 0 Å². The molecule has 1 aliphatic carbocycles. The van der Waals surface area contributed by atoms with Crippen molar-refractivity contribution in [3.8, 4) is 5.75 Å². The Bertz CT molecular complexity index is 532. The molecule has 0 aromatic heterocycles. The van der Waals surface area contributed by atoms with Crippen LogP contribution in [0.15, 0.2) is 47.8 Å². The van der Waals surface area contributed by atoms with E-state index >= 15 is 0 Å². The van der Waals surface area contributed by atoms with Gasteiger partial charge in [0.2, 0.25) is 0 Å². The molecule has 0 amide bonds. The van der Waals surface area contributed by atoms with Crippen LogP contribution in [0.1, 0.15) is 5.56 Å². The molecule has 17 heavy (non-hydrogen) atoms. The van der Waals surface area contributed by atoms with Gasteiger partial charge >= 0.3 is 0 Å². The Morgan fingerprint density at radius 1 is 1.29 bits per heavy atom. The van der Waals surface area contributed by atoms with E-state index in [9.17, 15) is 10.2 Å². The molecule has 88 valence electrons. The lowest BCUT2D eigenvalue weighted by Gasteiger charge is -2.15. The zero-order valence-electron chi connectivity index (χ0n) is 8.97. The molecule has 4 heteroatoms. The number of hydrogen-bond acceptors (Lipinski definition) is 3. The third kappa shape index (κ3) is 2.52. The smallest absolute Gasteiger partial charge is 0.122 e. The normalized spacial score (nSPS) is 21.6. The van der Waals surface area contributed by atoms with Crippen LogP contribution in [0.4, 0.5) is 0 Å². The summed E-state index contributed by atoms with van der Waals surface area (Å²) in [5.74, 6) is 0.219. The first-order valence-corrected chi connectivity index (χ1v) is 5.48. The van der Waals surface area contributed by atoms with Crippen LogP contribution in [-0.4, -0.2) is 16.3 Å². The summed E-state index contributed by atoms with van der Waals surface area (Å²) in [5, 5.41) is 19.7. The first-order chi connectivity index (χ1) is 8.08. The first kappa shape index (κ1) is 11.8. The molecule has 1 atom stereocenters. The molecule has 1 aromatic rings. The van der Waals surface area contributed by atoms with Gasteiger partial charge in [-0.2, -0.15) is 0 Å². The van der Waals surface area contributed by atoms with Gasteiger partial charge in [-0.1, -0.05) is 23.8 Å². The van der Waals surface area contributed by atoms with Gasteiger partial charge in [-0.05, 0) is 35.9 Å². The lowest BCUT2D eigenvalue weighted by atomic mass is 9.98. The molecule has 0 spiro atoms. The lowest BCUT2D eigenvalue weighted by molar-refractivity contribution is 0.380. The van der Waals surface area contributed by atoms with E-state index in [0.717, 1.165) is 0 Å². The molecular weight excluding hydrogens is 238 g/mol. The monoisotopic (exact) mass is 249 g/mol. The molecule has 0 fully saturated rings. The number of allylic oxidation sites excluding steroid dienone is 2. The van der Waals surface area contributed by atoms with E-state index in [-0.39, 0.29) is 11.5 Å². The minimum absolute atomic E-state index is 0.0975. The van der Waals surface area contributed by atoms with Crippen molar-refractivity contribution >= 4 is 17.7 Å². The molecule has 3 nitrogen and oxygen atoms in total. The first-order valence-electron chi connectivity index (χ1n) is 5.11. The van der Waals surface area contributed by atoms with Crippen molar-refractivity contribution in [1.29, 1.82) is 0 Å². The molecule has 0 aliphatic heterocycles. The maximum Gasteiger partial charge on any atom is 0.122 e. The van der Waals surface area contributed by atoms with E-state index in [1.807, 2.05) is 0 Å². The number of hydrogen-bond donors (Lipinski definition) is 3. The predicted molar refractivity (Wildman–Crippen MR) is 68.9 cm³/mol. The van der Waals surface area contributed by atoms with Crippen LogP contribution in [0.25, 0.3) is 6.08 Å². The van der Waals surface area contributed by atoms with Crippen molar-refractivity contribution in [3.05, 3.63) is 58.3 Å². The number of aliphatic hydroxyl groups excluding tert-OH is 1. The minimum atomic E-state index is -0.571. The number of phenols is 1. The van der Waals surface area contributed by atoms with Crippen LogP contribution in [0.3, 0.4) is 0 Å². The highest BCUT2D eigenvalue weighted by Gasteiger charge is 2.14. The van der Waals surface area contributed by atoms with Crippen molar-refractivity contribution < 1.29 is 10.2 Å². The van der Waals surface area contributed by atoms with E-state index in [0.29, 0.717) is 16.2 Å². The standard InChI is InChI=1S/C13H12ClNO2/c14-10-4-5-11(16)9(7-10)6-8-2-1-3-12(17)13(8)15/h1-7,13,16-17H,15H2. The summed E-state index contributed by atoms with van der Waals surface area (Å²) in [6.07, 6.45) is 6.72. The van der Waals surface area contributed by atoms with Gasteiger partial charge in [0.25, 0.3) is 0 Å². The average Bonchev–Trinajstić information content (AvgIpc) is 2.30. The maximum absolute atomic E-state index is 9.67. The summed E-state index contributed by atoms with van der Waals surface area (Å²) in [4.78, 5) is 0. The SMILES string of the molecule is NC1C(O)=CC=CC1=Cc1cc(Cl)ccc1O. The highest BCUT2D eigenvalue weighted by Crippen LogP contribution is 2.26. The highest BCUT2D eigenvalue weighted by molar-refractivity contribution is 6.30. The second-order valence-corrected chi connectivity index (χ2v) is 4.21. The second-order valence-electron chi connectivity index (χ2n) is 3.78. The number of phenolic OH excluding ortho intramolecular Hbond substituents is 1. The van der Waals surface area contributed by atoms with Gasteiger partial charge in [0.1, 0.15) is 11.5 Å². The Labute approximate surface area is 104 Å². The fraction of sp³-hybridized carbons (Fsp3) is 0.0769. The second kappa shape index (κ2) is 4.65. The summed E-state index contributed by atoms with van der Waals surface area (Å²) in [6.45, 7) is 0. The van der Waals surface area contributed by atoms with Crippen LogP contribution >= 0.6 is 11.6 Å². The van der Waals surface area contributed by atoms with Crippen LogP contribution < -0.4 is 5.73 Å². The number of rotatable bonds is 1. The fourth-order valence-electron chi connectivity index (χ4n) is 1.59. The van der Waals surface area contributed by atoms with E-state index in [2.05, 4.69) is 0 Å². The molecule has 1 aromatic carbocycles. The maximum atomic E-state index is 9.67. The van der Waals surface area contributed by atoms with Gasteiger partial charge in [0.05, 0.1) is 6.04 Å². The van der Waals surface area contributed by atoms with Gasteiger partial charge in [-0.25, -0.2) is 0 Å². The summed E-state index contributed by atoms with van der Waals surface area (Å²) < 4.78 is 0. The molecule has 0 saturated heterocycles. The van der Waals surface area contributed by atoms with Crippen molar-refractivity contribution in [3.63, 3.8) is 0 Å². The van der Waals surface area contributed by atoms with Crippen molar-refractivity contribution in [2.24, 2.45) is 5.73 Å². The third-order valence-corrected chi connectivity index (χ3v) is 2.78. The highest BCUT2D eigenvalue weighted by atomic mass is 35.5.